The average Bonchev–Trinajstić information content (AvgIpc) is 3.44. The highest BCUT2D eigenvalue weighted by atomic mass is 32.1. The van der Waals surface area contributed by atoms with Gasteiger partial charge in [0.05, 0.1) is 5.71 Å². The van der Waals surface area contributed by atoms with Gasteiger partial charge in [0.25, 0.3) is 0 Å². The molecule has 1 aromatic carbocycles. The Morgan fingerprint density at radius 1 is 1.03 bits per heavy atom. The molecule has 0 saturated carbocycles. The number of thiophene rings is 1. The van der Waals surface area contributed by atoms with Gasteiger partial charge in [0.2, 0.25) is 0 Å². The Labute approximate surface area is 178 Å². The highest BCUT2D eigenvalue weighted by molar-refractivity contribution is 7.12. The van der Waals surface area contributed by atoms with Crippen LogP contribution in [0.25, 0.3) is 0 Å². The molecule has 2 aliphatic heterocycles. The molecule has 1 fully saturated rings. The van der Waals surface area contributed by atoms with Crippen LogP contribution in [0.1, 0.15) is 66.9 Å². The molecule has 2 aliphatic rings. The number of Topliss-reactive ketones (excluding diaryl/α,β-unsaturated/α-hetero) is 1. The normalized spacial score (nSPS) is 20.8. The summed E-state index contributed by atoms with van der Waals surface area (Å²) in [7, 11) is 0. The minimum Gasteiger partial charge on any atom is -0.317 e. The van der Waals surface area contributed by atoms with E-state index in [-0.39, 0.29) is 5.78 Å². The maximum Gasteiger partial charge on any atom is 0.185 e. The van der Waals surface area contributed by atoms with Crippen molar-refractivity contribution in [3.8, 4) is 0 Å². The van der Waals surface area contributed by atoms with E-state index in [0.29, 0.717) is 18.0 Å². The molecule has 4 rings (SSSR count). The number of carbonyl (C=O) groups excluding carboxylic acids is 1. The SMILES string of the molecule is O=C(Cc1ccccc1C1CCCCCNCCC1)C1=CCC(c2cccs2)=N1. The van der Waals surface area contributed by atoms with Crippen molar-refractivity contribution in [2.75, 3.05) is 13.1 Å². The van der Waals surface area contributed by atoms with Crippen molar-refractivity contribution in [1.82, 2.24) is 5.32 Å². The molecule has 3 heterocycles. The van der Waals surface area contributed by atoms with E-state index in [0.717, 1.165) is 25.2 Å². The molecule has 4 heteroatoms. The monoisotopic (exact) mass is 406 g/mol. The molecule has 29 heavy (non-hydrogen) atoms. The molecule has 1 aromatic heterocycles. The summed E-state index contributed by atoms with van der Waals surface area (Å²) in [5, 5.41) is 5.61. The van der Waals surface area contributed by atoms with Crippen molar-refractivity contribution >= 4 is 22.8 Å². The first kappa shape index (κ1) is 20.2. The van der Waals surface area contributed by atoms with E-state index in [4.69, 9.17) is 0 Å². The lowest BCUT2D eigenvalue weighted by Gasteiger charge is -2.22. The molecule has 0 bridgehead atoms. The Hall–Kier alpha value is -2.04. The topological polar surface area (TPSA) is 41.5 Å². The van der Waals surface area contributed by atoms with E-state index in [1.807, 2.05) is 12.1 Å². The number of hydrogen-bond acceptors (Lipinski definition) is 4. The van der Waals surface area contributed by atoms with Crippen LogP contribution >= 0.6 is 11.3 Å². The van der Waals surface area contributed by atoms with Crippen LogP contribution in [0.5, 0.6) is 0 Å². The van der Waals surface area contributed by atoms with Crippen molar-refractivity contribution in [3.63, 3.8) is 0 Å². The van der Waals surface area contributed by atoms with Gasteiger partial charge < -0.3 is 5.32 Å². The molecule has 2 aromatic rings. The summed E-state index contributed by atoms with van der Waals surface area (Å²) >= 11 is 1.69. The lowest BCUT2D eigenvalue weighted by atomic mass is 9.84. The first-order chi connectivity index (χ1) is 14.3. The second-order valence-corrected chi connectivity index (χ2v) is 9.01. The molecule has 0 spiro atoms. The quantitative estimate of drug-likeness (QED) is 0.696. The summed E-state index contributed by atoms with van der Waals surface area (Å²) < 4.78 is 0. The van der Waals surface area contributed by atoms with Crippen molar-refractivity contribution in [2.45, 2.75) is 57.3 Å². The van der Waals surface area contributed by atoms with E-state index < -0.39 is 0 Å². The van der Waals surface area contributed by atoms with Crippen LogP contribution in [0, 0.1) is 0 Å². The molecule has 1 unspecified atom stereocenters. The van der Waals surface area contributed by atoms with E-state index in [9.17, 15) is 4.79 Å². The minimum atomic E-state index is 0.144. The van der Waals surface area contributed by atoms with Gasteiger partial charge in [-0.1, -0.05) is 43.2 Å². The number of carbonyl (C=O) groups is 1. The Bertz CT molecular complexity index is 872. The molecule has 1 atom stereocenters. The molecule has 0 aliphatic carbocycles. The molecular formula is C25H30N2OS. The van der Waals surface area contributed by atoms with Gasteiger partial charge in [-0.25, -0.2) is 4.99 Å². The molecule has 1 N–H and O–H groups in total. The maximum atomic E-state index is 13.0. The fourth-order valence-corrected chi connectivity index (χ4v) is 5.16. The Balaban J connectivity index is 1.47. The van der Waals surface area contributed by atoms with Gasteiger partial charge >= 0.3 is 0 Å². The van der Waals surface area contributed by atoms with E-state index in [1.165, 1.54) is 54.5 Å². The van der Waals surface area contributed by atoms with Gasteiger partial charge in [-0.3, -0.25) is 4.79 Å². The molecule has 152 valence electrons. The third-order valence-electron chi connectivity index (χ3n) is 5.99. The third-order valence-corrected chi connectivity index (χ3v) is 6.91. The molecule has 0 amide bonds. The number of aliphatic imine (C=N–C) groups is 1. The van der Waals surface area contributed by atoms with Gasteiger partial charge in [-0.2, -0.15) is 0 Å². The van der Waals surface area contributed by atoms with Gasteiger partial charge in [0.15, 0.2) is 5.78 Å². The first-order valence-corrected chi connectivity index (χ1v) is 11.8. The summed E-state index contributed by atoms with van der Waals surface area (Å²) in [5.74, 6) is 0.701. The fraction of sp³-hybridized carbons (Fsp3) is 0.440. The second-order valence-electron chi connectivity index (χ2n) is 8.07. The summed E-state index contributed by atoms with van der Waals surface area (Å²) in [6.07, 6.45) is 10.7. The van der Waals surface area contributed by atoms with Crippen LogP contribution in [0.4, 0.5) is 0 Å². The summed E-state index contributed by atoms with van der Waals surface area (Å²) in [6, 6.07) is 12.7. The number of nitrogens with zero attached hydrogens (tertiary/aromatic N) is 1. The zero-order valence-corrected chi connectivity index (χ0v) is 17.8. The predicted octanol–water partition coefficient (Wildman–Crippen LogP) is 5.66. The molecule has 3 nitrogen and oxygen atoms in total. The fourth-order valence-electron chi connectivity index (χ4n) is 4.43. The average molecular weight is 407 g/mol. The Morgan fingerprint density at radius 2 is 1.90 bits per heavy atom. The van der Waals surface area contributed by atoms with Gasteiger partial charge in [-0.15, -0.1) is 11.3 Å². The van der Waals surface area contributed by atoms with Crippen molar-refractivity contribution < 1.29 is 4.79 Å². The van der Waals surface area contributed by atoms with Crippen LogP contribution in [0.2, 0.25) is 0 Å². The maximum absolute atomic E-state index is 13.0. The molecular weight excluding hydrogens is 376 g/mol. The molecule has 0 radical (unpaired) electrons. The number of rotatable bonds is 5. The highest BCUT2D eigenvalue weighted by Crippen LogP contribution is 2.31. The first-order valence-electron chi connectivity index (χ1n) is 10.9. The Morgan fingerprint density at radius 3 is 2.79 bits per heavy atom. The third kappa shape index (κ3) is 5.31. The van der Waals surface area contributed by atoms with Gasteiger partial charge in [0.1, 0.15) is 5.70 Å². The number of hydrogen-bond donors (Lipinski definition) is 1. The van der Waals surface area contributed by atoms with Gasteiger partial charge in [0, 0.05) is 17.7 Å². The van der Waals surface area contributed by atoms with Crippen molar-refractivity contribution in [3.05, 3.63) is 69.6 Å². The van der Waals surface area contributed by atoms with Crippen LogP contribution in [0.3, 0.4) is 0 Å². The van der Waals surface area contributed by atoms with Gasteiger partial charge in [-0.05, 0) is 73.3 Å². The second kappa shape index (κ2) is 10.1. The van der Waals surface area contributed by atoms with Crippen molar-refractivity contribution in [2.24, 2.45) is 4.99 Å². The lowest BCUT2D eigenvalue weighted by Crippen LogP contribution is -2.19. The van der Waals surface area contributed by atoms with Crippen LogP contribution in [-0.4, -0.2) is 24.6 Å². The van der Waals surface area contributed by atoms with Crippen LogP contribution < -0.4 is 5.32 Å². The smallest absolute Gasteiger partial charge is 0.185 e. The zero-order valence-electron chi connectivity index (χ0n) is 17.0. The summed E-state index contributed by atoms with van der Waals surface area (Å²) in [5.41, 5.74) is 4.23. The predicted molar refractivity (Wildman–Crippen MR) is 122 cm³/mol. The summed E-state index contributed by atoms with van der Waals surface area (Å²) in [6.45, 7) is 2.25. The number of allylic oxidation sites excluding steroid dienone is 2. The van der Waals surface area contributed by atoms with Crippen LogP contribution in [0.15, 0.2) is 58.5 Å². The van der Waals surface area contributed by atoms with Crippen LogP contribution in [-0.2, 0) is 11.2 Å². The standard InChI is InChI=1S/C25H30N2OS/c28-24(22-13-14-23(27-22)25-12-7-17-29-25)18-20-9-3-4-11-21(20)19-8-2-1-5-15-26-16-6-10-19/h3-4,7,9,11-13,17,19,26H,1-2,5-6,8,10,14-16,18H2. The summed E-state index contributed by atoms with van der Waals surface area (Å²) in [4.78, 5) is 18.8. The van der Waals surface area contributed by atoms with E-state index in [1.54, 1.807) is 11.3 Å². The molecule has 1 saturated heterocycles. The van der Waals surface area contributed by atoms with E-state index in [2.05, 4.69) is 46.0 Å². The minimum absolute atomic E-state index is 0.144. The van der Waals surface area contributed by atoms with E-state index >= 15 is 0 Å². The number of ketones is 1. The zero-order chi connectivity index (χ0) is 19.9. The largest absolute Gasteiger partial charge is 0.317 e. The van der Waals surface area contributed by atoms with Crippen molar-refractivity contribution in [1.29, 1.82) is 0 Å². The number of nitrogens with one attached hydrogen (secondary N) is 1. The lowest BCUT2D eigenvalue weighted by molar-refractivity contribution is -0.115. The number of benzene rings is 1. The highest BCUT2D eigenvalue weighted by Gasteiger charge is 2.21. The Kier molecular flexibility index (Phi) is 7.07.